The summed E-state index contributed by atoms with van der Waals surface area (Å²) in [4.78, 5) is 38.3. The molecular weight excluding hydrogens is 430 g/mol. The number of ether oxygens (including phenoxy) is 1. The van der Waals surface area contributed by atoms with Crippen molar-refractivity contribution in [3.8, 4) is 11.1 Å². The number of benzene rings is 1. The van der Waals surface area contributed by atoms with Crippen LogP contribution in [0.4, 0.5) is 10.6 Å². The molecule has 0 unspecified atom stereocenters. The lowest BCUT2D eigenvalue weighted by Gasteiger charge is -2.31. The van der Waals surface area contributed by atoms with Gasteiger partial charge in [-0.2, -0.15) is 0 Å². The summed E-state index contributed by atoms with van der Waals surface area (Å²) in [6.45, 7) is 13.3. The topological polar surface area (TPSA) is 100 Å². The molecule has 0 radical (unpaired) electrons. The van der Waals surface area contributed by atoms with Gasteiger partial charge in [-0.05, 0) is 75.4 Å². The summed E-state index contributed by atoms with van der Waals surface area (Å²) < 4.78 is 5.93. The molecular formula is C26H35N5O3. The molecule has 0 bridgehead atoms. The van der Waals surface area contributed by atoms with Gasteiger partial charge in [0, 0.05) is 25.7 Å². The highest BCUT2D eigenvalue weighted by Gasteiger charge is 2.36. The van der Waals surface area contributed by atoms with Crippen molar-refractivity contribution in [3.05, 3.63) is 42.4 Å². The van der Waals surface area contributed by atoms with Crippen molar-refractivity contribution in [1.82, 2.24) is 20.3 Å². The second-order valence-corrected chi connectivity index (χ2v) is 10.4. The minimum Gasteiger partial charge on any atom is -0.435 e. The fraction of sp³-hybridized carbons (Fsp3) is 0.462. The van der Waals surface area contributed by atoms with Crippen LogP contribution in [0.25, 0.3) is 22.2 Å². The van der Waals surface area contributed by atoms with E-state index in [0.29, 0.717) is 18.1 Å². The molecule has 0 aliphatic rings. The summed E-state index contributed by atoms with van der Waals surface area (Å²) in [5.74, 6) is 1.38. The summed E-state index contributed by atoms with van der Waals surface area (Å²) in [5, 5.41) is 2.87. The van der Waals surface area contributed by atoms with E-state index in [9.17, 15) is 9.59 Å². The van der Waals surface area contributed by atoms with Gasteiger partial charge in [-0.15, -0.1) is 0 Å². The molecule has 2 heterocycles. The SMILES string of the molecule is CC(=O)N(C)c1cc(-c2ccc3nc([C@@](C)(CC(C)C)OC(=O)NC(C)(C)C)[nH]c3c2)ccn1. The first-order valence-corrected chi connectivity index (χ1v) is 11.5. The quantitative estimate of drug-likeness (QED) is 0.508. The first kappa shape index (κ1) is 25.2. The van der Waals surface area contributed by atoms with E-state index in [1.807, 2.05) is 58.0 Å². The molecule has 3 rings (SSSR count). The van der Waals surface area contributed by atoms with Gasteiger partial charge >= 0.3 is 6.09 Å². The third-order valence-corrected chi connectivity index (χ3v) is 5.47. The molecule has 0 aliphatic heterocycles. The number of fused-ring (bicyclic) bond motifs is 1. The van der Waals surface area contributed by atoms with Gasteiger partial charge in [-0.1, -0.05) is 19.9 Å². The lowest BCUT2D eigenvalue weighted by atomic mass is 9.93. The van der Waals surface area contributed by atoms with E-state index >= 15 is 0 Å². The van der Waals surface area contributed by atoms with Crippen LogP contribution in [0.3, 0.4) is 0 Å². The zero-order valence-electron chi connectivity index (χ0n) is 21.3. The molecule has 2 N–H and O–H groups in total. The maximum absolute atomic E-state index is 12.6. The fourth-order valence-electron chi connectivity index (χ4n) is 3.88. The number of hydrogen-bond donors (Lipinski definition) is 2. The molecule has 1 aromatic carbocycles. The number of H-pyrrole nitrogens is 1. The maximum atomic E-state index is 12.6. The second-order valence-electron chi connectivity index (χ2n) is 10.4. The number of carbonyl (C=O) groups is 2. The van der Waals surface area contributed by atoms with Crippen LogP contribution in [-0.4, -0.2) is 39.5 Å². The zero-order chi connectivity index (χ0) is 25.3. The van der Waals surface area contributed by atoms with Crippen LogP contribution in [0.2, 0.25) is 0 Å². The summed E-state index contributed by atoms with van der Waals surface area (Å²) in [6, 6.07) is 9.70. The minimum atomic E-state index is -0.920. The third-order valence-electron chi connectivity index (χ3n) is 5.47. The number of anilines is 1. The monoisotopic (exact) mass is 465 g/mol. The Balaban J connectivity index is 1.97. The van der Waals surface area contributed by atoms with Crippen LogP contribution >= 0.6 is 0 Å². The molecule has 8 heteroatoms. The van der Waals surface area contributed by atoms with Gasteiger partial charge in [-0.25, -0.2) is 14.8 Å². The number of alkyl carbamates (subject to hydrolysis) is 1. The molecule has 0 aliphatic carbocycles. The number of rotatable bonds is 6. The van der Waals surface area contributed by atoms with Crippen molar-refractivity contribution in [2.75, 3.05) is 11.9 Å². The predicted molar refractivity (Wildman–Crippen MR) is 135 cm³/mol. The number of hydrogen-bond acceptors (Lipinski definition) is 5. The van der Waals surface area contributed by atoms with Crippen LogP contribution in [0.1, 0.15) is 60.7 Å². The molecule has 182 valence electrons. The summed E-state index contributed by atoms with van der Waals surface area (Å²) in [7, 11) is 1.70. The van der Waals surface area contributed by atoms with Gasteiger partial charge < -0.3 is 19.9 Å². The lowest BCUT2D eigenvalue weighted by Crippen LogP contribution is -2.44. The van der Waals surface area contributed by atoms with Crippen molar-refractivity contribution in [2.45, 2.75) is 66.0 Å². The molecule has 0 spiro atoms. The van der Waals surface area contributed by atoms with E-state index < -0.39 is 17.2 Å². The molecule has 3 aromatic rings. The zero-order valence-corrected chi connectivity index (χ0v) is 21.3. The van der Waals surface area contributed by atoms with Crippen molar-refractivity contribution < 1.29 is 14.3 Å². The van der Waals surface area contributed by atoms with Gasteiger partial charge in [0.05, 0.1) is 11.0 Å². The standard InChI is InChI=1S/C26H35N5O3/c1-16(2)15-26(7,34-24(33)30-25(4,5)6)23-28-20-10-9-18(13-21(20)29-23)19-11-12-27-22(14-19)31(8)17(3)32/h9-14,16H,15H2,1-8H3,(H,28,29)(H,30,33)/t26-/m1/s1. The number of imidazole rings is 1. The number of nitrogens with one attached hydrogen (secondary N) is 2. The number of amides is 2. The van der Waals surface area contributed by atoms with Crippen LogP contribution in [0, 0.1) is 5.92 Å². The summed E-state index contributed by atoms with van der Waals surface area (Å²) >= 11 is 0. The predicted octanol–water partition coefficient (Wildman–Crippen LogP) is 5.39. The normalized spacial score (nSPS) is 13.6. The number of carbonyl (C=O) groups excluding carboxylic acids is 2. The maximum Gasteiger partial charge on any atom is 0.408 e. The smallest absolute Gasteiger partial charge is 0.408 e. The molecule has 0 fully saturated rings. The van der Waals surface area contributed by atoms with Gasteiger partial charge in [0.25, 0.3) is 0 Å². The minimum absolute atomic E-state index is 0.0850. The van der Waals surface area contributed by atoms with E-state index in [1.54, 1.807) is 13.2 Å². The lowest BCUT2D eigenvalue weighted by molar-refractivity contribution is -0.116. The first-order chi connectivity index (χ1) is 15.8. The Labute approximate surface area is 201 Å². The van der Waals surface area contributed by atoms with E-state index in [-0.39, 0.29) is 11.8 Å². The fourth-order valence-corrected chi connectivity index (χ4v) is 3.88. The number of aromatic nitrogens is 3. The Kier molecular flexibility index (Phi) is 7.00. The van der Waals surface area contributed by atoms with E-state index in [2.05, 4.69) is 29.1 Å². The molecule has 8 nitrogen and oxygen atoms in total. The van der Waals surface area contributed by atoms with Gasteiger partial charge in [-0.3, -0.25) is 4.79 Å². The highest BCUT2D eigenvalue weighted by molar-refractivity contribution is 5.91. The number of pyridine rings is 1. The third kappa shape index (κ3) is 5.92. The second kappa shape index (κ2) is 9.44. The van der Waals surface area contributed by atoms with E-state index in [0.717, 1.165) is 22.2 Å². The Hall–Kier alpha value is -3.42. The molecule has 0 saturated carbocycles. The van der Waals surface area contributed by atoms with Crippen LogP contribution < -0.4 is 10.2 Å². The Bertz CT molecular complexity index is 1190. The number of nitrogens with zero attached hydrogens (tertiary/aromatic N) is 3. The Morgan fingerprint density at radius 1 is 1.12 bits per heavy atom. The van der Waals surface area contributed by atoms with Gasteiger partial charge in [0.1, 0.15) is 5.82 Å². The molecule has 34 heavy (non-hydrogen) atoms. The van der Waals surface area contributed by atoms with Crippen molar-refractivity contribution >= 4 is 28.9 Å². The molecule has 2 aromatic heterocycles. The van der Waals surface area contributed by atoms with Crippen molar-refractivity contribution in [2.24, 2.45) is 5.92 Å². The first-order valence-electron chi connectivity index (χ1n) is 11.5. The summed E-state index contributed by atoms with van der Waals surface area (Å²) in [6.07, 6.45) is 1.83. The van der Waals surface area contributed by atoms with Crippen molar-refractivity contribution in [3.63, 3.8) is 0 Å². The Morgan fingerprint density at radius 3 is 2.41 bits per heavy atom. The van der Waals surface area contributed by atoms with Crippen LogP contribution in [0.5, 0.6) is 0 Å². The molecule has 2 amide bonds. The van der Waals surface area contributed by atoms with Crippen LogP contribution in [0.15, 0.2) is 36.5 Å². The summed E-state index contributed by atoms with van der Waals surface area (Å²) in [5.41, 5.74) is 2.18. The van der Waals surface area contributed by atoms with E-state index in [4.69, 9.17) is 9.72 Å². The van der Waals surface area contributed by atoms with Gasteiger partial charge in [0.2, 0.25) is 5.91 Å². The highest BCUT2D eigenvalue weighted by atomic mass is 16.6. The average molecular weight is 466 g/mol. The number of aromatic amines is 1. The molecule has 1 atom stereocenters. The highest BCUT2D eigenvalue weighted by Crippen LogP contribution is 2.33. The van der Waals surface area contributed by atoms with Gasteiger partial charge in [0.15, 0.2) is 11.4 Å². The largest absolute Gasteiger partial charge is 0.435 e. The van der Waals surface area contributed by atoms with E-state index in [1.165, 1.54) is 11.8 Å². The Morgan fingerprint density at radius 2 is 1.79 bits per heavy atom. The van der Waals surface area contributed by atoms with Crippen LogP contribution in [-0.2, 0) is 15.1 Å². The van der Waals surface area contributed by atoms with Crippen molar-refractivity contribution in [1.29, 1.82) is 0 Å². The average Bonchev–Trinajstić information content (AvgIpc) is 3.15. The molecule has 0 saturated heterocycles.